The third-order valence-electron chi connectivity index (χ3n) is 2.68. The van der Waals surface area contributed by atoms with E-state index < -0.39 is 11.9 Å². The van der Waals surface area contributed by atoms with Gasteiger partial charge in [0.05, 0.1) is 6.42 Å². The summed E-state index contributed by atoms with van der Waals surface area (Å²) in [4.78, 5) is 33.5. The lowest BCUT2D eigenvalue weighted by molar-refractivity contribution is -0.133. The van der Waals surface area contributed by atoms with E-state index in [4.69, 9.17) is 5.73 Å². The summed E-state index contributed by atoms with van der Waals surface area (Å²) >= 11 is 0. The monoisotopic (exact) mass is 293 g/mol. The van der Waals surface area contributed by atoms with Crippen LogP contribution in [0.4, 0.5) is 0 Å². The van der Waals surface area contributed by atoms with Gasteiger partial charge in [-0.2, -0.15) is 0 Å². The number of nitrogens with zero attached hydrogens (tertiary/aromatic N) is 1. The molecule has 0 aliphatic rings. The van der Waals surface area contributed by atoms with Crippen molar-refractivity contribution in [2.45, 2.75) is 26.3 Å². The normalized spacial score (nSPS) is 10.6. The molecule has 116 valence electrons. The van der Waals surface area contributed by atoms with Crippen molar-refractivity contribution < 1.29 is 14.4 Å². The van der Waals surface area contributed by atoms with Crippen LogP contribution in [0, 0.1) is 6.92 Å². The Bertz CT molecular complexity index is 449. The third kappa shape index (κ3) is 8.41. The topological polar surface area (TPSA) is 92.5 Å². The highest BCUT2D eigenvalue weighted by Gasteiger charge is 2.22. The van der Waals surface area contributed by atoms with Crippen molar-refractivity contribution in [3.63, 3.8) is 0 Å². The molecule has 6 heteroatoms. The molecule has 0 saturated carbocycles. The van der Waals surface area contributed by atoms with Crippen LogP contribution in [0.1, 0.15) is 18.9 Å². The minimum absolute atomic E-state index is 0.0988. The number of hydrogen-bond donors (Lipinski definition) is 2. The Morgan fingerprint density at radius 2 is 1.90 bits per heavy atom. The maximum atomic E-state index is 11.1. The Kier molecular flexibility index (Phi) is 9.25. The Hall–Kier alpha value is -2.37. The molecule has 21 heavy (non-hydrogen) atoms. The van der Waals surface area contributed by atoms with Gasteiger partial charge in [0.15, 0.2) is 0 Å². The molecular weight excluding hydrogens is 270 g/mol. The van der Waals surface area contributed by atoms with Crippen LogP contribution in [0.2, 0.25) is 0 Å². The number of likely N-dealkylation sites (N-methyl/N-ethyl adjacent to an activating group) is 1. The highest BCUT2D eigenvalue weighted by molar-refractivity contribution is 5.88. The van der Waals surface area contributed by atoms with Crippen LogP contribution in [-0.4, -0.2) is 42.8 Å². The van der Waals surface area contributed by atoms with E-state index in [9.17, 15) is 14.4 Å². The summed E-state index contributed by atoms with van der Waals surface area (Å²) in [6.45, 7) is 4.33. The summed E-state index contributed by atoms with van der Waals surface area (Å²) in [6.07, 6.45) is 0.368. The number of amides is 3. The predicted octanol–water partition coefficient (Wildman–Crippen LogP) is 0.450. The van der Waals surface area contributed by atoms with Gasteiger partial charge < -0.3 is 16.0 Å². The molecule has 3 amide bonds. The number of aryl methyl sites for hydroxylation is 1. The second-order valence-electron chi connectivity index (χ2n) is 4.50. The Balaban J connectivity index is 0.000000471. The SMILES string of the molecule is CCNC(=O)CC(C(N)=O)N(C)C=O.Cc1ccccc1. The second-order valence-corrected chi connectivity index (χ2v) is 4.50. The first-order valence-corrected chi connectivity index (χ1v) is 6.67. The fraction of sp³-hybridized carbons (Fsp3) is 0.400. The van der Waals surface area contributed by atoms with Gasteiger partial charge in [-0.1, -0.05) is 35.9 Å². The van der Waals surface area contributed by atoms with Gasteiger partial charge in [-0.25, -0.2) is 0 Å². The zero-order chi connectivity index (χ0) is 16.3. The van der Waals surface area contributed by atoms with Crippen molar-refractivity contribution in [3.05, 3.63) is 35.9 Å². The van der Waals surface area contributed by atoms with Gasteiger partial charge in [0, 0.05) is 13.6 Å². The van der Waals surface area contributed by atoms with Gasteiger partial charge in [-0.3, -0.25) is 14.4 Å². The predicted molar refractivity (Wildman–Crippen MR) is 81.3 cm³/mol. The maximum Gasteiger partial charge on any atom is 0.240 e. The molecule has 0 bridgehead atoms. The molecule has 0 radical (unpaired) electrons. The molecule has 6 nitrogen and oxygen atoms in total. The van der Waals surface area contributed by atoms with E-state index in [-0.39, 0.29) is 12.3 Å². The Labute approximate surface area is 125 Å². The van der Waals surface area contributed by atoms with E-state index in [2.05, 4.69) is 24.4 Å². The summed E-state index contributed by atoms with van der Waals surface area (Å²) in [5, 5.41) is 2.52. The fourth-order valence-electron chi connectivity index (χ4n) is 1.50. The quantitative estimate of drug-likeness (QED) is 0.746. The standard InChI is InChI=1S/C8H15N3O3.C7H8/c1-3-10-7(13)4-6(8(9)14)11(2)5-12;1-7-5-3-2-4-6-7/h5-6H,3-4H2,1-2H3,(H2,9,14)(H,10,13);2-6H,1H3. The molecule has 1 rings (SSSR count). The van der Waals surface area contributed by atoms with Crippen LogP contribution in [0.25, 0.3) is 0 Å². The zero-order valence-corrected chi connectivity index (χ0v) is 12.7. The average Bonchev–Trinajstić information content (AvgIpc) is 2.45. The summed E-state index contributed by atoms with van der Waals surface area (Å²) in [7, 11) is 1.40. The van der Waals surface area contributed by atoms with E-state index in [1.54, 1.807) is 6.92 Å². The molecule has 1 unspecified atom stereocenters. The Morgan fingerprint density at radius 3 is 2.24 bits per heavy atom. The first-order chi connectivity index (χ1) is 9.92. The zero-order valence-electron chi connectivity index (χ0n) is 12.7. The number of carbonyl (C=O) groups excluding carboxylic acids is 3. The van der Waals surface area contributed by atoms with Gasteiger partial charge in [0.1, 0.15) is 6.04 Å². The summed E-state index contributed by atoms with van der Waals surface area (Å²) in [5.74, 6) is -0.990. The molecule has 1 aromatic rings. The van der Waals surface area contributed by atoms with Gasteiger partial charge in [0.2, 0.25) is 18.2 Å². The first kappa shape index (κ1) is 18.6. The maximum absolute atomic E-state index is 11.1. The van der Waals surface area contributed by atoms with Crippen molar-refractivity contribution in [2.75, 3.05) is 13.6 Å². The molecule has 0 aliphatic carbocycles. The van der Waals surface area contributed by atoms with Crippen LogP contribution in [0.5, 0.6) is 0 Å². The third-order valence-corrected chi connectivity index (χ3v) is 2.68. The van der Waals surface area contributed by atoms with Crippen LogP contribution in [0.3, 0.4) is 0 Å². The summed E-state index contributed by atoms with van der Waals surface area (Å²) in [6, 6.07) is 9.39. The minimum atomic E-state index is -0.876. The number of benzene rings is 1. The van der Waals surface area contributed by atoms with E-state index in [1.165, 1.54) is 12.6 Å². The van der Waals surface area contributed by atoms with Crippen molar-refractivity contribution in [2.24, 2.45) is 5.73 Å². The van der Waals surface area contributed by atoms with E-state index >= 15 is 0 Å². The molecule has 0 aliphatic heterocycles. The first-order valence-electron chi connectivity index (χ1n) is 6.67. The number of carbonyl (C=O) groups is 3. The molecule has 0 spiro atoms. The molecule has 3 N–H and O–H groups in total. The number of rotatable bonds is 6. The lowest BCUT2D eigenvalue weighted by Crippen LogP contribution is -2.45. The Morgan fingerprint density at radius 1 is 1.33 bits per heavy atom. The molecule has 0 aromatic heterocycles. The molecule has 1 atom stereocenters. The highest BCUT2D eigenvalue weighted by atomic mass is 16.2. The van der Waals surface area contributed by atoms with Crippen LogP contribution >= 0.6 is 0 Å². The lowest BCUT2D eigenvalue weighted by Gasteiger charge is -2.20. The largest absolute Gasteiger partial charge is 0.368 e. The van der Waals surface area contributed by atoms with E-state index in [0.717, 1.165) is 4.90 Å². The van der Waals surface area contributed by atoms with Gasteiger partial charge in [-0.05, 0) is 13.8 Å². The molecule has 0 saturated heterocycles. The molecule has 0 fully saturated rings. The van der Waals surface area contributed by atoms with Gasteiger partial charge >= 0.3 is 0 Å². The summed E-state index contributed by atoms with van der Waals surface area (Å²) < 4.78 is 0. The van der Waals surface area contributed by atoms with Gasteiger partial charge in [0.25, 0.3) is 0 Å². The van der Waals surface area contributed by atoms with Crippen molar-refractivity contribution >= 4 is 18.2 Å². The highest BCUT2D eigenvalue weighted by Crippen LogP contribution is 1.98. The molecular formula is C15H23N3O3. The molecule has 1 aromatic carbocycles. The second kappa shape index (κ2) is 10.4. The van der Waals surface area contributed by atoms with Crippen molar-refractivity contribution in [1.82, 2.24) is 10.2 Å². The van der Waals surface area contributed by atoms with Crippen LogP contribution < -0.4 is 11.1 Å². The fourth-order valence-corrected chi connectivity index (χ4v) is 1.50. The van der Waals surface area contributed by atoms with E-state index in [1.807, 2.05) is 18.2 Å². The number of nitrogens with one attached hydrogen (secondary N) is 1. The van der Waals surface area contributed by atoms with E-state index in [0.29, 0.717) is 13.0 Å². The van der Waals surface area contributed by atoms with Crippen molar-refractivity contribution in [3.8, 4) is 0 Å². The minimum Gasteiger partial charge on any atom is -0.368 e. The van der Waals surface area contributed by atoms with Crippen LogP contribution in [-0.2, 0) is 14.4 Å². The lowest BCUT2D eigenvalue weighted by atomic mass is 10.1. The smallest absolute Gasteiger partial charge is 0.240 e. The molecule has 0 heterocycles. The van der Waals surface area contributed by atoms with Gasteiger partial charge in [-0.15, -0.1) is 0 Å². The number of nitrogens with two attached hydrogens (primary N) is 1. The number of primary amides is 1. The van der Waals surface area contributed by atoms with Crippen LogP contribution in [0.15, 0.2) is 30.3 Å². The number of hydrogen-bond acceptors (Lipinski definition) is 3. The average molecular weight is 293 g/mol. The summed E-state index contributed by atoms with van der Waals surface area (Å²) in [5.41, 5.74) is 6.36. The van der Waals surface area contributed by atoms with Crippen molar-refractivity contribution in [1.29, 1.82) is 0 Å².